The Hall–Kier alpha value is -1.13. The first-order chi connectivity index (χ1) is 9.20. The predicted octanol–water partition coefficient (Wildman–Crippen LogP) is 2.19. The van der Waals surface area contributed by atoms with Gasteiger partial charge in [0.1, 0.15) is 5.82 Å². The van der Waals surface area contributed by atoms with E-state index in [2.05, 4.69) is 42.0 Å². The van der Waals surface area contributed by atoms with Crippen LogP contribution in [0.25, 0.3) is 0 Å². The number of anilines is 1. The Morgan fingerprint density at radius 1 is 1.37 bits per heavy atom. The molecule has 1 fully saturated rings. The summed E-state index contributed by atoms with van der Waals surface area (Å²) < 4.78 is 5.79. The molecule has 0 aliphatic carbocycles. The molecule has 0 aromatic carbocycles. The van der Waals surface area contributed by atoms with Crippen molar-refractivity contribution in [3.63, 3.8) is 0 Å². The Balaban J connectivity index is 2.09. The van der Waals surface area contributed by atoms with Gasteiger partial charge in [-0.3, -0.25) is 0 Å². The summed E-state index contributed by atoms with van der Waals surface area (Å²) in [7, 11) is 0. The predicted molar refractivity (Wildman–Crippen MR) is 78.5 cm³/mol. The largest absolute Gasteiger partial charge is 0.372 e. The first-order valence-electron chi connectivity index (χ1n) is 7.25. The van der Waals surface area contributed by atoms with Crippen LogP contribution in [0.1, 0.15) is 32.8 Å². The number of rotatable bonds is 5. The minimum Gasteiger partial charge on any atom is -0.372 e. The molecule has 19 heavy (non-hydrogen) atoms. The van der Waals surface area contributed by atoms with E-state index >= 15 is 0 Å². The molecule has 0 amide bonds. The Labute approximate surface area is 116 Å². The lowest BCUT2D eigenvalue weighted by Gasteiger charge is -2.37. The molecule has 1 aliphatic rings. The van der Waals surface area contributed by atoms with Crippen molar-refractivity contribution in [1.82, 2.24) is 10.3 Å². The Kier molecular flexibility index (Phi) is 5.16. The number of ether oxygens (including phenoxy) is 1. The van der Waals surface area contributed by atoms with Gasteiger partial charge in [0, 0.05) is 31.4 Å². The van der Waals surface area contributed by atoms with Crippen LogP contribution >= 0.6 is 0 Å². The van der Waals surface area contributed by atoms with E-state index in [1.165, 1.54) is 5.56 Å². The SMILES string of the molecule is CCCNCc1cccnc1N1C[C@@H](C)O[C@@H](C)C1. The second kappa shape index (κ2) is 6.87. The summed E-state index contributed by atoms with van der Waals surface area (Å²) in [6.45, 7) is 10.2. The molecule has 1 N–H and O–H groups in total. The molecule has 2 rings (SSSR count). The number of hydrogen-bond donors (Lipinski definition) is 1. The molecular formula is C15H25N3O. The second-order valence-corrected chi connectivity index (χ2v) is 5.33. The quantitative estimate of drug-likeness (QED) is 0.826. The van der Waals surface area contributed by atoms with E-state index in [1.807, 2.05) is 12.3 Å². The van der Waals surface area contributed by atoms with Gasteiger partial charge in [-0.25, -0.2) is 4.98 Å². The van der Waals surface area contributed by atoms with Crippen LogP contribution in [0.3, 0.4) is 0 Å². The smallest absolute Gasteiger partial charge is 0.133 e. The summed E-state index contributed by atoms with van der Waals surface area (Å²) in [6.07, 6.45) is 3.56. The average Bonchev–Trinajstić information content (AvgIpc) is 2.38. The third-order valence-corrected chi connectivity index (χ3v) is 3.33. The maximum atomic E-state index is 5.79. The number of nitrogens with zero attached hydrogens (tertiary/aromatic N) is 2. The van der Waals surface area contributed by atoms with E-state index in [4.69, 9.17) is 4.74 Å². The molecule has 4 nitrogen and oxygen atoms in total. The number of nitrogens with one attached hydrogen (secondary N) is 1. The third kappa shape index (κ3) is 3.91. The zero-order valence-corrected chi connectivity index (χ0v) is 12.2. The number of pyridine rings is 1. The maximum absolute atomic E-state index is 5.79. The van der Waals surface area contributed by atoms with Crippen LogP contribution in [0.4, 0.5) is 5.82 Å². The highest BCUT2D eigenvalue weighted by molar-refractivity contribution is 5.47. The lowest BCUT2D eigenvalue weighted by atomic mass is 10.2. The molecule has 0 radical (unpaired) electrons. The fourth-order valence-corrected chi connectivity index (χ4v) is 2.60. The summed E-state index contributed by atoms with van der Waals surface area (Å²) in [5, 5.41) is 3.46. The first kappa shape index (κ1) is 14.3. The average molecular weight is 263 g/mol. The molecule has 1 aliphatic heterocycles. The Morgan fingerprint density at radius 3 is 2.79 bits per heavy atom. The summed E-state index contributed by atoms with van der Waals surface area (Å²) in [4.78, 5) is 6.93. The van der Waals surface area contributed by atoms with Crippen molar-refractivity contribution in [3.8, 4) is 0 Å². The molecule has 2 heterocycles. The number of morpholine rings is 1. The fraction of sp³-hybridized carbons (Fsp3) is 0.667. The normalized spacial score (nSPS) is 23.6. The highest BCUT2D eigenvalue weighted by atomic mass is 16.5. The van der Waals surface area contributed by atoms with E-state index in [0.717, 1.165) is 38.4 Å². The molecule has 0 spiro atoms. The van der Waals surface area contributed by atoms with Gasteiger partial charge in [0.15, 0.2) is 0 Å². The van der Waals surface area contributed by atoms with Gasteiger partial charge in [0.05, 0.1) is 12.2 Å². The summed E-state index contributed by atoms with van der Waals surface area (Å²) in [5.41, 5.74) is 1.28. The van der Waals surface area contributed by atoms with E-state index in [0.29, 0.717) is 0 Å². The zero-order chi connectivity index (χ0) is 13.7. The van der Waals surface area contributed by atoms with E-state index in [-0.39, 0.29) is 12.2 Å². The second-order valence-electron chi connectivity index (χ2n) is 5.33. The molecule has 4 heteroatoms. The van der Waals surface area contributed by atoms with Crippen molar-refractivity contribution >= 4 is 5.82 Å². The van der Waals surface area contributed by atoms with Gasteiger partial charge in [0.2, 0.25) is 0 Å². The molecule has 1 aromatic rings. The molecule has 0 saturated carbocycles. The van der Waals surface area contributed by atoms with Crippen molar-refractivity contribution in [2.75, 3.05) is 24.5 Å². The molecule has 2 atom stereocenters. The van der Waals surface area contributed by atoms with Crippen LogP contribution in [0.2, 0.25) is 0 Å². The highest BCUT2D eigenvalue weighted by Crippen LogP contribution is 2.21. The van der Waals surface area contributed by atoms with Crippen LogP contribution in [0, 0.1) is 0 Å². The van der Waals surface area contributed by atoms with Gasteiger partial charge in [-0.2, -0.15) is 0 Å². The van der Waals surface area contributed by atoms with Crippen LogP contribution < -0.4 is 10.2 Å². The number of aromatic nitrogens is 1. The summed E-state index contributed by atoms with van der Waals surface area (Å²) in [5.74, 6) is 1.10. The summed E-state index contributed by atoms with van der Waals surface area (Å²) in [6, 6.07) is 4.18. The summed E-state index contributed by atoms with van der Waals surface area (Å²) >= 11 is 0. The van der Waals surface area contributed by atoms with Gasteiger partial charge in [-0.1, -0.05) is 13.0 Å². The van der Waals surface area contributed by atoms with Gasteiger partial charge in [-0.05, 0) is 32.9 Å². The number of hydrogen-bond acceptors (Lipinski definition) is 4. The lowest BCUT2D eigenvalue weighted by molar-refractivity contribution is -0.00551. The fourth-order valence-electron chi connectivity index (χ4n) is 2.60. The Morgan fingerprint density at radius 2 is 2.11 bits per heavy atom. The first-order valence-corrected chi connectivity index (χ1v) is 7.25. The minimum atomic E-state index is 0.266. The maximum Gasteiger partial charge on any atom is 0.133 e. The van der Waals surface area contributed by atoms with E-state index < -0.39 is 0 Å². The minimum absolute atomic E-state index is 0.266. The van der Waals surface area contributed by atoms with Crippen LogP contribution in [0.5, 0.6) is 0 Å². The van der Waals surface area contributed by atoms with Crippen molar-refractivity contribution < 1.29 is 4.74 Å². The highest BCUT2D eigenvalue weighted by Gasteiger charge is 2.24. The lowest BCUT2D eigenvalue weighted by Crippen LogP contribution is -2.46. The zero-order valence-electron chi connectivity index (χ0n) is 12.2. The molecule has 106 valence electrons. The Bertz CT molecular complexity index is 387. The topological polar surface area (TPSA) is 37.4 Å². The van der Waals surface area contributed by atoms with Crippen molar-refractivity contribution in [2.24, 2.45) is 0 Å². The van der Waals surface area contributed by atoms with Gasteiger partial charge in [0.25, 0.3) is 0 Å². The van der Waals surface area contributed by atoms with Crippen LogP contribution in [-0.4, -0.2) is 36.8 Å². The molecule has 1 saturated heterocycles. The van der Waals surface area contributed by atoms with Crippen molar-refractivity contribution in [1.29, 1.82) is 0 Å². The molecular weight excluding hydrogens is 238 g/mol. The van der Waals surface area contributed by atoms with E-state index in [9.17, 15) is 0 Å². The van der Waals surface area contributed by atoms with Crippen LogP contribution in [0.15, 0.2) is 18.3 Å². The van der Waals surface area contributed by atoms with Crippen molar-refractivity contribution in [2.45, 2.75) is 45.9 Å². The monoisotopic (exact) mass is 263 g/mol. The van der Waals surface area contributed by atoms with Gasteiger partial charge >= 0.3 is 0 Å². The van der Waals surface area contributed by atoms with Gasteiger partial charge in [-0.15, -0.1) is 0 Å². The standard InChI is InChI=1S/C15H25N3O/c1-4-7-16-9-14-6-5-8-17-15(14)18-10-12(2)19-13(3)11-18/h5-6,8,12-13,16H,4,7,9-11H2,1-3H3/t12-,13+. The van der Waals surface area contributed by atoms with Crippen LogP contribution in [-0.2, 0) is 11.3 Å². The third-order valence-electron chi connectivity index (χ3n) is 3.33. The van der Waals surface area contributed by atoms with E-state index in [1.54, 1.807) is 0 Å². The molecule has 1 aromatic heterocycles. The van der Waals surface area contributed by atoms with Gasteiger partial charge < -0.3 is 15.0 Å². The molecule has 0 unspecified atom stereocenters. The molecule has 0 bridgehead atoms. The van der Waals surface area contributed by atoms with Crippen molar-refractivity contribution in [3.05, 3.63) is 23.9 Å².